The first kappa shape index (κ1) is 13.1. The molecule has 1 aromatic heterocycles. The first-order valence-corrected chi connectivity index (χ1v) is 5.43. The topological polar surface area (TPSA) is 54.8 Å². The van der Waals surface area contributed by atoms with E-state index in [9.17, 15) is 13.6 Å². The fraction of sp³-hybridized carbons (Fsp3) is 0.250. The van der Waals surface area contributed by atoms with Crippen LogP contribution in [0.4, 0.5) is 14.6 Å². The largest absolute Gasteiger partial charge is 0.466 e. The minimum atomic E-state index is -0.836. The molecule has 0 aliphatic carbocycles. The molecule has 0 fully saturated rings. The second-order valence-corrected chi connectivity index (χ2v) is 3.84. The fourth-order valence-electron chi connectivity index (χ4n) is 1.69. The number of ether oxygens (including phenoxy) is 1. The fourth-order valence-corrected chi connectivity index (χ4v) is 1.69. The van der Waals surface area contributed by atoms with E-state index >= 15 is 0 Å². The smallest absolute Gasteiger partial charge is 0.337 e. The lowest BCUT2D eigenvalue weighted by Crippen LogP contribution is -2.29. The van der Waals surface area contributed by atoms with Crippen molar-refractivity contribution in [3.8, 4) is 0 Å². The molecule has 0 bridgehead atoms. The summed E-state index contributed by atoms with van der Waals surface area (Å²) >= 11 is 0. The molecule has 2 heterocycles. The van der Waals surface area contributed by atoms with Crippen molar-refractivity contribution in [3.63, 3.8) is 0 Å². The molecule has 1 aliphatic heterocycles. The normalized spacial score (nSPS) is 14.8. The number of carbonyl (C=O) groups is 1. The second kappa shape index (κ2) is 5.13. The lowest BCUT2D eigenvalue weighted by molar-refractivity contribution is -0.136. The predicted molar refractivity (Wildman–Crippen MR) is 64.7 cm³/mol. The predicted octanol–water partition coefficient (Wildman–Crippen LogP) is 1.66. The number of aliphatic imine (C=N–C) groups is 1. The van der Waals surface area contributed by atoms with Crippen molar-refractivity contribution >= 4 is 18.1 Å². The second-order valence-electron chi connectivity index (χ2n) is 3.84. The molecule has 0 N–H and O–H groups in total. The van der Waals surface area contributed by atoms with Gasteiger partial charge < -0.3 is 4.74 Å². The van der Waals surface area contributed by atoms with Crippen LogP contribution in [0.5, 0.6) is 0 Å². The third-order valence-electron chi connectivity index (χ3n) is 2.69. The molecule has 1 aliphatic rings. The van der Waals surface area contributed by atoms with Crippen LogP contribution in [0, 0.1) is 11.6 Å². The Morgan fingerprint density at radius 2 is 2.21 bits per heavy atom. The van der Waals surface area contributed by atoms with E-state index in [1.165, 1.54) is 18.3 Å². The van der Waals surface area contributed by atoms with Gasteiger partial charge in [-0.2, -0.15) is 0 Å². The van der Waals surface area contributed by atoms with Crippen LogP contribution in [0.2, 0.25) is 0 Å². The van der Waals surface area contributed by atoms with Gasteiger partial charge in [0.2, 0.25) is 0 Å². The quantitative estimate of drug-likeness (QED) is 0.765. The average Bonchev–Trinajstić information content (AvgIpc) is 2.39. The van der Waals surface area contributed by atoms with Crippen molar-refractivity contribution in [1.29, 1.82) is 0 Å². The Balaban J connectivity index is 2.44. The van der Waals surface area contributed by atoms with Gasteiger partial charge in [-0.25, -0.2) is 18.6 Å². The van der Waals surface area contributed by atoms with Gasteiger partial charge in [0.25, 0.3) is 0 Å². The number of anilines is 1. The number of methoxy groups -OCH3 is 1. The molecule has 0 atom stereocenters. The zero-order valence-corrected chi connectivity index (χ0v) is 10.4. The van der Waals surface area contributed by atoms with Crippen molar-refractivity contribution in [2.75, 3.05) is 18.6 Å². The van der Waals surface area contributed by atoms with Crippen molar-refractivity contribution in [2.24, 2.45) is 4.99 Å². The third-order valence-corrected chi connectivity index (χ3v) is 2.69. The maximum atomic E-state index is 13.7. The number of nitrogens with zero attached hydrogens (tertiary/aromatic N) is 3. The molecule has 1 aromatic rings. The van der Waals surface area contributed by atoms with Gasteiger partial charge in [0.1, 0.15) is 5.82 Å². The summed E-state index contributed by atoms with van der Waals surface area (Å²) in [5.41, 5.74) is 0.746. The molecule has 7 heteroatoms. The van der Waals surface area contributed by atoms with E-state index in [0.717, 1.165) is 12.3 Å². The maximum Gasteiger partial charge on any atom is 0.337 e. The van der Waals surface area contributed by atoms with Crippen LogP contribution in [0.15, 0.2) is 28.5 Å². The molecule has 0 spiro atoms. The van der Waals surface area contributed by atoms with E-state index in [1.54, 1.807) is 6.92 Å². The van der Waals surface area contributed by atoms with Crippen molar-refractivity contribution in [3.05, 3.63) is 35.2 Å². The Morgan fingerprint density at radius 3 is 2.84 bits per heavy atom. The van der Waals surface area contributed by atoms with Crippen LogP contribution in [0.3, 0.4) is 0 Å². The molecule has 2 rings (SSSR count). The minimum Gasteiger partial charge on any atom is -0.466 e. The molecular formula is C12H11F2N3O2. The summed E-state index contributed by atoms with van der Waals surface area (Å²) in [6.45, 7) is 1.76. The first-order chi connectivity index (χ1) is 9.04. The van der Waals surface area contributed by atoms with Gasteiger partial charge in [0.15, 0.2) is 11.6 Å². The molecular weight excluding hydrogens is 256 g/mol. The van der Waals surface area contributed by atoms with Gasteiger partial charge in [-0.05, 0) is 6.92 Å². The lowest BCUT2D eigenvalue weighted by Gasteiger charge is -2.24. The van der Waals surface area contributed by atoms with E-state index in [0.29, 0.717) is 11.3 Å². The van der Waals surface area contributed by atoms with Crippen LogP contribution < -0.4 is 4.90 Å². The molecule has 0 saturated carbocycles. The lowest BCUT2D eigenvalue weighted by atomic mass is 10.1. The molecule has 5 nitrogen and oxygen atoms in total. The summed E-state index contributed by atoms with van der Waals surface area (Å²) in [7, 11) is 1.25. The van der Waals surface area contributed by atoms with E-state index in [1.807, 2.05) is 0 Å². The standard InChI is InChI=1S/C12H11F2N3O2/c1-7-9(12(18)19-2)5-15-6-17(7)11-10(14)3-8(13)4-16-11/h3-4,6H,5H2,1-2H3. The van der Waals surface area contributed by atoms with Crippen LogP contribution in [-0.2, 0) is 9.53 Å². The highest BCUT2D eigenvalue weighted by Crippen LogP contribution is 2.24. The van der Waals surface area contributed by atoms with E-state index < -0.39 is 17.6 Å². The number of esters is 1. The van der Waals surface area contributed by atoms with Gasteiger partial charge in [0.05, 0.1) is 31.8 Å². The van der Waals surface area contributed by atoms with E-state index in [-0.39, 0.29) is 12.4 Å². The molecule has 0 radical (unpaired) electrons. The number of halogens is 2. The van der Waals surface area contributed by atoms with Crippen molar-refractivity contribution < 1.29 is 18.3 Å². The number of aromatic nitrogens is 1. The molecule has 0 amide bonds. The SMILES string of the molecule is COC(=O)C1=C(C)N(c2ncc(F)cc2F)C=NC1. The number of allylic oxidation sites excluding steroid dienone is 1. The zero-order valence-electron chi connectivity index (χ0n) is 10.4. The van der Waals surface area contributed by atoms with Gasteiger partial charge in [-0.1, -0.05) is 0 Å². The number of hydrogen-bond donors (Lipinski definition) is 0. The summed E-state index contributed by atoms with van der Waals surface area (Å²) in [6.07, 6.45) is 2.23. The first-order valence-electron chi connectivity index (χ1n) is 5.43. The Bertz CT molecular complexity index is 584. The molecule has 0 aromatic carbocycles. The van der Waals surface area contributed by atoms with Gasteiger partial charge in [0, 0.05) is 11.8 Å². The Hall–Kier alpha value is -2.31. The van der Waals surface area contributed by atoms with Gasteiger partial charge in [-0.3, -0.25) is 9.89 Å². The Morgan fingerprint density at radius 1 is 1.47 bits per heavy atom. The van der Waals surface area contributed by atoms with Crippen LogP contribution in [0.1, 0.15) is 6.92 Å². The van der Waals surface area contributed by atoms with Gasteiger partial charge in [-0.15, -0.1) is 0 Å². The highest BCUT2D eigenvalue weighted by molar-refractivity contribution is 5.95. The minimum absolute atomic E-state index is 0.122. The van der Waals surface area contributed by atoms with E-state index in [4.69, 9.17) is 0 Å². The summed E-state index contributed by atoms with van der Waals surface area (Å²) in [5, 5.41) is 0. The number of pyridine rings is 1. The van der Waals surface area contributed by atoms with E-state index in [2.05, 4.69) is 14.7 Å². The summed E-state index contributed by atoms with van der Waals surface area (Å²) in [4.78, 5) is 20.4. The maximum absolute atomic E-state index is 13.7. The summed E-state index contributed by atoms with van der Waals surface area (Å²) in [5.74, 6) is -2.27. The molecule has 0 unspecified atom stereocenters. The highest BCUT2D eigenvalue weighted by atomic mass is 19.1. The van der Waals surface area contributed by atoms with Crippen molar-refractivity contribution in [2.45, 2.75) is 6.92 Å². The Kier molecular flexibility index (Phi) is 3.55. The summed E-state index contributed by atoms with van der Waals surface area (Å²) < 4.78 is 31.1. The zero-order chi connectivity index (χ0) is 14.0. The molecule has 19 heavy (non-hydrogen) atoms. The number of rotatable bonds is 2. The number of hydrogen-bond acceptors (Lipinski definition) is 5. The summed E-state index contributed by atoms with van der Waals surface area (Å²) in [6, 6.07) is 0.718. The van der Waals surface area contributed by atoms with Crippen LogP contribution >= 0.6 is 0 Å². The monoisotopic (exact) mass is 267 g/mol. The molecule has 0 saturated heterocycles. The average molecular weight is 267 g/mol. The van der Waals surface area contributed by atoms with Gasteiger partial charge >= 0.3 is 5.97 Å². The van der Waals surface area contributed by atoms with Crippen LogP contribution in [0.25, 0.3) is 0 Å². The molecule has 100 valence electrons. The highest BCUT2D eigenvalue weighted by Gasteiger charge is 2.23. The Labute approximate surface area is 108 Å². The third kappa shape index (κ3) is 2.44. The number of carbonyl (C=O) groups excluding carboxylic acids is 1. The van der Waals surface area contributed by atoms with Crippen LogP contribution in [-0.4, -0.2) is 30.9 Å². The van der Waals surface area contributed by atoms with Crippen molar-refractivity contribution in [1.82, 2.24) is 4.98 Å².